The van der Waals surface area contributed by atoms with E-state index in [9.17, 15) is 0 Å². The maximum Gasteiger partial charge on any atom is 0.107 e. The van der Waals surface area contributed by atoms with Gasteiger partial charge in [-0.05, 0) is 18.1 Å². The van der Waals surface area contributed by atoms with Gasteiger partial charge in [0.1, 0.15) is 5.01 Å². The van der Waals surface area contributed by atoms with E-state index >= 15 is 0 Å². The van der Waals surface area contributed by atoms with Gasteiger partial charge in [-0.3, -0.25) is 9.88 Å². The van der Waals surface area contributed by atoms with Gasteiger partial charge in [-0.25, -0.2) is 4.98 Å². The third-order valence-electron chi connectivity index (χ3n) is 4.25. The smallest absolute Gasteiger partial charge is 0.107 e. The van der Waals surface area contributed by atoms with Crippen molar-refractivity contribution >= 4 is 23.1 Å². The van der Waals surface area contributed by atoms with Crippen molar-refractivity contribution in [2.75, 3.05) is 18.8 Å². The minimum absolute atomic E-state index is 0.382. The largest absolute Gasteiger partial charge is 0.373 e. The maximum atomic E-state index is 6.07. The van der Waals surface area contributed by atoms with Gasteiger partial charge >= 0.3 is 0 Å². The third-order valence-corrected chi connectivity index (χ3v) is 6.59. The van der Waals surface area contributed by atoms with Crippen molar-refractivity contribution < 1.29 is 4.74 Å². The van der Waals surface area contributed by atoms with Crippen LogP contribution in [0.2, 0.25) is 0 Å². The number of thioether (sulfide) groups is 1. The molecule has 0 aliphatic carbocycles. The molecule has 1 atom stereocenters. The quantitative estimate of drug-likeness (QED) is 0.841. The Balaban J connectivity index is 1.23. The fourth-order valence-electron chi connectivity index (χ4n) is 3.23. The molecule has 0 bridgehead atoms. The van der Waals surface area contributed by atoms with Crippen molar-refractivity contribution in [3.63, 3.8) is 0 Å². The molecule has 1 spiro atoms. The molecule has 22 heavy (non-hydrogen) atoms. The summed E-state index contributed by atoms with van der Waals surface area (Å²) in [7, 11) is 0. The van der Waals surface area contributed by atoms with Crippen molar-refractivity contribution in [2.45, 2.75) is 30.4 Å². The lowest BCUT2D eigenvalue weighted by Gasteiger charge is -2.47. The standard InChI is InChI=1S/C16H19N3OS2/c1-2-13(7-17-3-1)9-20-14-6-16(22-10-14)11-19(12-16)8-15-18-4-5-21-15/h1-5,7,14H,6,8-12H2/t14-/m1/s1. The van der Waals surface area contributed by atoms with Crippen LogP contribution in [0, 0.1) is 0 Å². The molecule has 2 aliphatic rings. The molecule has 2 aromatic heterocycles. The van der Waals surface area contributed by atoms with E-state index in [0.717, 1.165) is 17.9 Å². The van der Waals surface area contributed by atoms with Crippen LogP contribution in [0.1, 0.15) is 17.0 Å². The fourth-order valence-corrected chi connectivity index (χ4v) is 5.49. The van der Waals surface area contributed by atoms with E-state index in [1.54, 1.807) is 17.5 Å². The van der Waals surface area contributed by atoms with Crippen LogP contribution >= 0.6 is 23.1 Å². The highest BCUT2D eigenvalue weighted by atomic mass is 32.2. The van der Waals surface area contributed by atoms with Crippen molar-refractivity contribution in [3.05, 3.63) is 46.7 Å². The van der Waals surface area contributed by atoms with Gasteiger partial charge in [0.05, 0.1) is 19.3 Å². The zero-order valence-corrected chi connectivity index (χ0v) is 14.0. The van der Waals surface area contributed by atoms with Crippen LogP contribution in [0.5, 0.6) is 0 Å². The molecule has 0 amide bonds. The van der Waals surface area contributed by atoms with Crippen molar-refractivity contribution in [1.29, 1.82) is 0 Å². The average Bonchev–Trinajstić information content (AvgIpc) is 3.16. The van der Waals surface area contributed by atoms with Gasteiger partial charge in [-0.1, -0.05) is 6.07 Å². The molecule has 4 rings (SSSR count). The summed E-state index contributed by atoms with van der Waals surface area (Å²) in [5.74, 6) is 1.12. The minimum Gasteiger partial charge on any atom is -0.373 e. The molecule has 6 heteroatoms. The first-order valence-electron chi connectivity index (χ1n) is 7.57. The first-order valence-corrected chi connectivity index (χ1v) is 9.43. The monoisotopic (exact) mass is 333 g/mol. The zero-order valence-electron chi connectivity index (χ0n) is 12.4. The third kappa shape index (κ3) is 3.20. The lowest BCUT2D eigenvalue weighted by atomic mass is 9.93. The first kappa shape index (κ1) is 14.6. The fraction of sp³-hybridized carbons (Fsp3) is 0.500. The number of thiazole rings is 1. The number of likely N-dealkylation sites (tertiary alicyclic amines) is 1. The number of hydrogen-bond acceptors (Lipinski definition) is 6. The van der Waals surface area contributed by atoms with Gasteiger partial charge in [-0.15, -0.1) is 23.1 Å². The predicted octanol–water partition coefficient (Wildman–Crippen LogP) is 2.81. The highest BCUT2D eigenvalue weighted by molar-refractivity contribution is 8.01. The molecule has 0 aromatic carbocycles. The molecule has 4 heterocycles. The number of pyridine rings is 1. The molecular weight excluding hydrogens is 314 g/mol. The van der Waals surface area contributed by atoms with E-state index in [-0.39, 0.29) is 0 Å². The van der Waals surface area contributed by atoms with Crippen LogP contribution < -0.4 is 0 Å². The van der Waals surface area contributed by atoms with E-state index in [1.807, 2.05) is 18.5 Å². The number of ether oxygens (including phenoxy) is 1. The molecule has 0 saturated carbocycles. The second-order valence-corrected chi connectivity index (χ2v) is 8.53. The lowest BCUT2D eigenvalue weighted by Crippen LogP contribution is -2.58. The molecule has 2 fully saturated rings. The lowest BCUT2D eigenvalue weighted by molar-refractivity contribution is 0.0263. The molecule has 2 aromatic rings. The summed E-state index contributed by atoms with van der Waals surface area (Å²) in [6.07, 6.45) is 7.13. The van der Waals surface area contributed by atoms with Crippen LogP contribution in [-0.2, 0) is 17.9 Å². The van der Waals surface area contributed by atoms with Crippen molar-refractivity contribution in [1.82, 2.24) is 14.9 Å². The Morgan fingerprint density at radius 3 is 3.09 bits per heavy atom. The average molecular weight is 333 g/mol. The van der Waals surface area contributed by atoms with Gasteiger partial charge in [0.25, 0.3) is 0 Å². The Morgan fingerprint density at radius 2 is 2.32 bits per heavy atom. The molecular formula is C16H19N3OS2. The number of aromatic nitrogens is 2. The van der Waals surface area contributed by atoms with Gasteiger partial charge in [0.15, 0.2) is 0 Å². The van der Waals surface area contributed by atoms with E-state index in [4.69, 9.17) is 4.74 Å². The Morgan fingerprint density at radius 1 is 1.36 bits per heavy atom. The van der Waals surface area contributed by atoms with Gasteiger partial charge in [-0.2, -0.15) is 0 Å². The Bertz CT molecular complexity index is 599. The zero-order chi connectivity index (χ0) is 14.8. The van der Waals surface area contributed by atoms with E-state index in [1.165, 1.54) is 24.5 Å². The van der Waals surface area contributed by atoms with Crippen LogP contribution in [-0.4, -0.2) is 44.6 Å². The Hall–Kier alpha value is -0.950. The van der Waals surface area contributed by atoms with E-state index in [2.05, 4.69) is 38.1 Å². The molecule has 116 valence electrons. The molecule has 2 aliphatic heterocycles. The van der Waals surface area contributed by atoms with E-state index < -0.39 is 0 Å². The molecule has 0 unspecified atom stereocenters. The second kappa shape index (κ2) is 6.28. The van der Waals surface area contributed by atoms with E-state index in [0.29, 0.717) is 17.5 Å². The van der Waals surface area contributed by atoms with Crippen molar-refractivity contribution in [2.24, 2.45) is 0 Å². The summed E-state index contributed by atoms with van der Waals surface area (Å²) < 4.78 is 6.50. The topological polar surface area (TPSA) is 38.2 Å². The predicted molar refractivity (Wildman–Crippen MR) is 90.0 cm³/mol. The number of rotatable bonds is 5. The number of nitrogens with zero attached hydrogens (tertiary/aromatic N) is 3. The highest BCUT2D eigenvalue weighted by Gasteiger charge is 2.49. The normalized spacial score (nSPS) is 23.7. The van der Waals surface area contributed by atoms with Crippen molar-refractivity contribution in [3.8, 4) is 0 Å². The highest BCUT2D eigenvalue weighted by Crippen LogP contribution is 2.46. The molecule has 0 N–H and O–H groups in total. The summed E-state index contributed by atoms with van der Waals surface area (Å²) in [6.45, 7) is 4.02. The van der Waals surface area contributed by atoms with Crippen LogP contribution in [0.15, 0.2) is 36.1 Å². The molecule has 4 nitrogen and oxygen atoms in total. The molecule has 0 radical (unpaired) electrons. The molecule has 2 saturated heterocycles. The van der Waals surface area contributed by atoms with Gasteiger partial charge < -0.3 is 4.74 Å². The summed E-state index contributed by atoms with van der Waals surface area (Å²) in [5, 5.41) is 3.28. The Kier molecular flexibility index (Phi) is 4.17. The Labute approximate surface area is 138 Å². The SMILES string of the molecule is c1cncc(CO[C@H]2CSC3(C2)CN(Cc2nccs2)C3)c1. The minimum atomic E-state index is 0.382. The van der Waals surface area contributed by atoms with Crippen LogP contribution in [0.3, 0.4) is 0 Å². The maximum absolute atomic E-state index is 6.07. The summed E-state index contributed by atoms with van der Waals surface area (Å²) in [5.41, 5.74) is 1.16. The first-order chi connectivity index (χ1) is 10.8. The summed E-state index contributed by atoms with van der Waals surface area (Å²) >= 11 is 3.84. The van der Waals surface area contributed by atoms with Crippen LogP contribution in [0.4, 0.5) is 0 Å². The van der Waals surface area contributed by atoms with Gasteiger partial charge in [0, 0.05) is 47.6 Å². The van der Waals surface area contributed by atoms with Gasteiger partial charge in [0.2, 0.25) is 0 Å². The van der Waals surface area contributed by atoms with Crippen LogP contribution in [0.25, 0.3) is 0 Å². The second-order valence-electron chi connectivity index (χ2n) is 6.06. The summed E-state index contributed by atoms with van der Waals surface area (Å²) in [4.78, 5) is 11.0. The summed E-state index contributed by atoms with van der Waals surface area (Å²) in [6, 6.07) is 4.04. The number of hydrogen-bond donors (Lipinski definition) is 0.